The van der Waals surface area contributed by atoms with Gasteiger partial charge in [-0.1, -0.05) is 12.1 Å². The van der Waals surface area contributed by atoms with Gasteiger partial charge in [-0.25, -0.2) is 9.97 Å². The minimum absolute atomic E-state index is 0.169. The third-order valence-corrected chi connectivity index (χ3v) is 3.11. The second-order valence-corrected chi connectivity index (χ2v) is 4.70. The molecule has 0 saturated carbocycles. The molecular formula is C15H19N3O2. The highest BCUT2D eigenvalue weighted by Gasteiger charge is 2.16. The summed E-state index contributed by atoms with van der Waals surface area (Å²) >= 11 is 0. The van der Waals surface area contributed by atoms with Crippen LogP contribution >= 0.6 is 0 Å². The van der Waals surface area contributed by atoms with Gasteiger partial charge in [0, 0.05) is 11.8 Å². The third-order valence-electron chi connectivity index (χ3n) is 3.11. The molecule has 106 valence electrons. The van der Waals surface area contributed by atoms with Crippen molar-refractivity contribution >= 4 is 5.82 Å². The Balaban J connectivity index is 2.05. The van der Waals surface area contributed by atoms with Crippen LogP contribution in [0.2, 0.25) is 0 Å². The first-order valence-corrected chi connectivity index (χ1v) is 6.47. The van der Waals surface area contributed by atoms with Crippen LogP contribution in [0, 0.1) is 6.92 Å². The molecule has 2 aromatic rings. The van der Waals surface area contributed by atoms with Gasteiger partial charge in [-0.3, -0.25) is 0 Å². The number of benzene rings is 1. The van der Waals surface area contributed by atoms with Gasteiger partial charge < -0.3 is 15.2 Å². The predicted molar refractivity (Wildman–Crippen MR) is 77.8 cm³/mol. The van der Waals surface area contributed by atoms with Gasteiger partial charge in [0.1, 0.15) is 17.9 Å². The number of aryl methyl sites for hydroxylation is 1. The Labute approximate surface area is 118 Å². The molecular weight excluding hydrogens is 254 g/mol. The van der Waals surface area contributed by atoms with Crippen LogP contribution in [-0.2, 0) is 0 Å². The molecule has 0 spiro atoms. The van der Waals surface area contributed by atoms with Crippen molar-refractivity contribution in [2.45, 2.75) is 26.0 Å². The zero-order chi connectivity index (χ0) is 14.5. The molecule has 0 aliphatic heterocycles. The number of aromatic nitrogens is 2. The van der Waals surface area contributed by atoms with Crippen LogP contribution in [0.25, 0.3) is 0 Å². The monoisotopic (exact) mass is 273 g/mol. The van der Waals surface area contributed by atoms with Crippen molar-refractivity contribution in [3.63, 3.8) is 0 Å². The molecule has 2 rings (SSSR count). The van der Waals surface area contributed by atoms with Crippen molar-refractivity contribution < 1.29 is 9.84 Å². The standard InChI is InChI=1S/C15H19N3O2/c1-10-8-14(17-9-16-10)18-11(2)15(19)12-4-6-13(20-3)7-5-12/h4-9,11,15,19H,1-3H3,(H,16,17,18). The molecule has 20 heavy (non-hydrogen) atoms. The summed E-state index contributed by atoms with van der Waals surface area (Å²) < 4.78 is 5.10. The van der Waals surface area contributed by atoms with Gasteiger partial charge in [-0.2, -0.15) is 0 Å². The van der Waals surface area contributed by atoms with E-state index in [1.807, 2.05) is 44.2 Å². The normalized spacial score (nSPS) is 13.6. The zero-order valence-electron chi connectivity index (χ0n) is 11.9. The van der Waals surface area contributed by atoms with Gasteiger partial charge in [0.25, 0.3) is 0 Å². The van der Waals surface area contributed by atoms with Crippen LogP contribution < -0.4 is 10.1 Å². The van der Waals surface area contributed by atoms with E-state index in [1.165, 1.54) is 6.33 Å². The summed E-state index contributed by atoms with van der Waals surface area (Å²) in [4.78, 5) is 8.17. The fraction of sp³-hybridized carbons (Fsp3) is 0.333. The summed E-state index contributed by atoms with van der Waals surface area (Å²) in [6, 6.07) is 9.05. The van der Waals surface area contributed by atoms with Crippen LogP contribution in [0.4, 0.5) is 5.82 Å². The third kappa shape index (κ3) is 3.45. The Morgan fingerprint density at radius 3 is 2.50 bits per heavy atom. The van der Waals surface area contributed by atoms with Crippen LogP contribution in [-0.4, -0.2) is 28.2 Å². The first-order chi connectivity index (χ1) is 9.60. The molecule has 1 heterocycles. The summed E-state index contributed by atoms with van der Waals surface area (Å²) in [5.41, 5.74) is 1.71. The second-order valence-electron chi connectivity index (χ2n) is 4.70. The van der Waals surface area contributed by atoms with Crippen molar-refractivity contribution in [2.24, 2.45) is 0 Å². The molecule has 0 fully saturated rings. The number of methoxy groups -OCH3 is 1. The maximum absolute atomic E-state index is 10.3. The second kappa shape index (κ2) is 6.34. The van der Waals surface area contributed by atoms with E-state index < -0.39 is 6.10 Å². The molecule has 0 radical (unpaired) electrons. The maximum atomic E-state index is 10.3. The number of ether oxygens (including phenoxy) is 1. The highest BCUT2D eigenvalue weighted by atomic mass is 16.5. The zero-order valence-corrected chi connectivity index (χ0v) is 11.9. The van der Waals surface area contributed by atoms with Crippen molar-refractivity contribution in [1.29, 1.82) is 0 Å². The Kier molecular flexibility index (Phi) is 4.53. The number of rotatable bonds is 5. The minimum Gasteiger partial charge on any atom is -0.497 e. The SMILES string of the molecule is COc1ccc(C(O)C(C)Nc2cc(C)ncn2)cc1. The van der Waals surface area contributed by atoms with Gasteiger partial charge >= 0.3 is 0 Å². The lowest BCUT2D eigenvalue weighted by Gasteiger charge is -2.21. The van der Waals surface area contributed by atoms with Crippen molar-refractivity contribution in [3.05, 3.63) is 47.9 Å². The van der Waals surface area contributed by atoms with Crippen LogP contribution in [0.15, 0.2) is 36.7 Å². The first-order valence-electron chi connectivity index (χ1n) is 6.47. The molecule has 2 unspecified atom stereocenters. The fourth-order valence-electron chi connectivity index (χ4n) is 1.94. The Morgan fingerprint density at radius 1 is 1.20 bits per heavy atom. The molecule has 0 saturated heterocycles. The van der Waals surface area contributed by atoms with Gasteiger partial charge in [-0.05, 0) is 31.5 Å². The summed E-state index contributed by atoms with van der Waals surface area (Å²) in [5, 5.41) is 13.5. The van der Waals surface area contributed by atoms with Gasteiger partial charge in [0.2, 0.25) is 0 Å². The maximum Gasteiger partial charge on any atom is 0.129 e. The van der Waals surface area contributed by atoms with E-state index in [2.05, 4.69) is 15.3 Å². The lowest BCUT2D eigenvalue weighted by Crippen LogP contribution is -2.24. The van der Waals surface area contributed by atoms with E-state index in [0.29, 0.717) is 5.82 Å². The summed E-state index contributed by atoms with van der Waals surface area (Å²) in [5.74, 6) is 1.48. The quantitative estimate of drug-likeness (QED) is 0.875. The van der Waals surface area contributed by atoms with E-state index in [-0.39, 0.29) is 6.04 Å². The number of aliphatic hydroxyl groups excluding tert-OH is 1. The highest BCUT2D eigenvalue weighted by Crippen LogP contribution is 2.22. The topological polar surface area (TPSA) is 67.3 Å². The number of nitrogens with zero attached hydrogens (tertiary/aromatic N) is 2. The molecule has 0 amide bonds. The lowest BCUT2D eigenvalue weighted by molar-refractivity contribution is 0.160. The summed E-state index contributed by atoms with van der Waals surface area (Å²) in [7, 11) is 1.62. The number of hydrogen-bond donors (Lipinski definition) is 2. The average molecular weight is 273 g/mol. The summed E-state index contributed by atoms with van der Waals surface area (Å²) in [6.07, 6.45) is 0.876. The molecule has 5 heteroatoms. The number of aliphatic hydroxyl groups is 1. The lowest BCUT2D eigenvalue weighted by atomic mass is 10.0. The highest BCUT2D eigenvalue weighted by molar-refractivity contribution is 5.37. The van der Waals surface area contributed by atoms with Gasteiger partial charge in [0.05, 0.1) is 19.3 Å². The minimum atomic E-state index is -0.629. The smallest absolute Gasteiger partial charge is 0.129 e. The number of anilines is 1. The number of hydrogen-bond acceptors (Lipinski definition) is 5. The molecule has 0 bridgehead atoms. The van der Waals surface area contributed by atoms with Gasteiger partial charge in [-0.15, -0.1) is 0 Å². The Hall–Kier alpha value is -2.14. The molecule has 1 aromatic carbocycles. The van der Waals surface area contributed by atoms with Crippen molar-refractivity contribution in [3.8, 4) is 5.75 Å². The largest absolute Gasteiger partial charge is 0.497 e. The predicted octanol–water partition coefficient (Wildman–Crippen LogP) is 2.33. The molecule has 1 aromatic heterocycles. The molecule has 0 aliphatic rings. The molecule has 0 aliphatic carbocycles. The van der Waals surface area contributed by atoms with Gasteiger partial charge in [0.15, 0.2) is 0 Å². The fourth-order valence-corrected chi connectivity index (χ4v) is 1.94. The van der Waals surface area contributed by atoms with Crippen LogP contribution in [0.3, 0.4) is 0 Å². The average Bonchev–Trinajstić information content (AvgIpc) is 2.46. The summed E-state index contributed by atoms with van der Waals surface area (Å²) in [6.45, 7) is 3.81. The Morgan fingerprint density at radius 2 is 1.90 bits per heavy atom. The number of nitrogens with one attached hydrogen (secondary N) is 1. The molecule has 2 atom stereocenters. The van der Waals surface area contributed by atoms with E-state index in [1.54, 1.807) is 7.11 Å². The van der Waals surface area contributed by atoms with E-state index >= 15 is 0 Å². The molecule has 5 nitrogen and oxygen atoms in total. The van der Waals surface area contributed by atoms with E-state index in [4.69, 9.17) is 4.74 Å². The van der Waals surface area contributed by atoms with Crippen LogP contribution in [0.1, 0.15) is 24.3 Å². The Bertz CT molecular complexity index is 557. The van der Waals surface area contributed by atoms with Crippen molar-refractivity contribution in [2.75, 3.05) is 12.4 Å². The van der Waals surface area contributed by atoms with E-state index in [9.17, 15) is 5.11 Å². The van der Waals surface area contributed by atoms with Crippen molar-refractivity contribution in [1.82, 2.24) is 9.97 Å². The molecule has 2 N–H and O–H groups in total. The van der Waals surface area contributed by atoms with E-state index in [0.717, 1.165) is 17.0 Å². The first kappa shape index (κ1) is 14.3. The van der Waals surface area contributed by atoms with Crippen LogP contribution in [0.5, 0.6) is 5.75 Å².